The minimum atomic E-state index is -0.512. The number of nitrogens with one attached hydrogen (secondary N) is 1. The van der Waals surface area contributed by atoms with Crippen molar-refractivity contribution in [2.75, 3.05) is 18.4 Å². The molecule has 0 atom stereocenters. The highest BCUT2D eigenvalue weighted by molar-refractivity contribution is 5.94. The normalized spacial score (nSPS) is 10.8. The molecule has 0 aliphatic rings. The highest BCUT2D eigenvalue weighted by Gasteiger charge is 2.11. The summed E-state index contributed by atoms with van der Waals surface area (Å²) in [7, 11) is 0. The number of halogens is 1. The largest absolute Gasteiger partial charge is 0.366 e. The Balaban J connectivity index is 1.57. The van der Waals surface area contributed by atoms with Gasteiger partial charge in [-0.1, -0.05) is 18.2 Å². The van der Waals surface area contributed by atoms with E-state index < -0.39 is 5.91 Å². The molecule has 0 aliphatic carbocycles. The molecule has 0 spiro atoms. The van der Waals surface area contributed by atoms with Gasteiger partial charge >= 0.3 is 0 Å². The lowest BCUT2D eigenvalue weighted by Gasteiger charge is -2.22. The molecule has 6 nitrogen and oxygen atoms in total. The third-order valence-corrected chi connectivity index (χ3v) is 4.84. The Bertz CT molecular complexity index is 992. The Morgan fingerprint density at radius 1 is 0.968 bits per heavy atom. The maximum absolute atomic E-state index is 13.2. The van der Waals surface area contributed by atoms with Crippen molar-refractivity contribution < 1.29 is 14.0 Å². The second kappa shape index (κ2) is 11.0. The van der Waals surface area contributed by atoms with Gasteiger partial charge in [0.2, 0.25) is 11.8 Å². The summed E-state index contributed by atoms with van der Waals surface area (Å²) in [6.45, 7) is 1.86. The van der Waals surface area contributed by atoms with E-state index in [1.807, 2.05) is 18.2 Å². The first-order valence-electron chi connectivity index (χ1n) is 10.1. The van der Waals surface area contributed by atoms with Crippen molar-refractivity contribution in [1.82, 2.24) is 9.88 Å². The van der Waals surface area contributed by atoms with E-state index in [0.717, 1.165) is 24.2 Å². The molecule has 2 aromatic carbocycles. The molecule has 31 heavy (non-hydrogen) atoms. The van der Waals surface area contributed by atoms with Crippen LogP contribution in [0.1, 0.15) is 28.0 Å². The van der Waals surface area contributed by atoms with E-state index >= 15 is 0 Å². The molecule has 3 rings (SSSR count). The topological polar surface area (TPSA) is 88.3 Å². The number of hydrogen-bond acceptors (Lipinski definition) is 4. The summed E-state index contributed by atoms with van der Waals surface area (Å²) in [4.78, 5) is 30.1. The average Bonchev–Trinajstić information content (AvgIpc) is 2.78. The van der Waals surface area contributed by atoms with Crippen LogP contribution in [0.25, 0.3) is 0 Å². The van der Waals surface area contributed by atoms with Gasteiger partial charge in [-0.3, -0.25) is 19.5 Å². The SMILES string of the molecule is NC(=O)c1ccc(NC(=O)CCN(CCc2ccccn2)Cc2ccc(F)cc2)cc1. The van der Waals surface area contributed by atoms with Crippen molar-refractivity contribution in [3.05, 3.63) is 95.6 Å². The first-order valence-corrected chi connectivity index (χ1v) is 10.1. The number of anilines is 1. The number of nitrogens with two attached hydrogens (primary N) is 1. The minimum absolute atomic E-state index is 0.131. The van der Waals surface area contributed by atoms with E-state index in [-0.39, 0.29) is 11.7 Å². The summed E-state index contributed by atoms with van der Waals surface area (Å²) >= 11 is 0. The quantitative estimate of drug-likeness (QED) is 0.526. The number of amides is 2. The Kier molecular flexibility index (Phi) is 7.84. The van der Waals surface area contributed by atoms with Gasteiger partial charge in [-0.25, -0.2) is 4.39 Å². The second-order valence-corrected chi connectivity index (χ2v) is 7.21. The predicted molar refractivity (Wildman–Crippen MR) is 118 cm³/mol. The highest BCUT2D eigenvalue weighted by atomic mass is 19.1. The zero-order chi connectivity index (χ0) is 22.1. The third-order valence-electron chi connectivity index (χ3n) is 4.84. The van der Waals surface area contributed by atoms with Crippen molar-refractivity contribution in [2.45, 2.75) is 19.4 Å². The van der Waals surface area contributed by atoms with E-state index in [1.54, 1.807) is 42.6 Å². The summed E-state index contributed by atoms with van der Waals surface area (Å²) in [6, 6.07) is 18.6. The van der Waals surface area contributed by atoms with E-state index in [9.17, 15) is 14.0 Å². The molecule has 160 valence electrons. The van der Waals surface area contributed by atoms with Crippen molar-refractivity contribution in [2.24, 2.45) is 5.73 Å². The van der Waals surface area contributed by atoms with Crippen molar-refractivity contribution in [3.8, 4) is 0 Å². The van der Waals surface area contributed by atoms with Crippen molar-refractivity contribution in [3.63, 3.8) is 0 Å². The standard InChI is InChI=1S/C24H25FN4O2/c25-20-8-4-18(5-9-20)17-29(15-12-21-3-1-2-14-27-21)16-13-23(30)28-22-10-6-19(7-11-22)24(26)31/h1-11,14H,12-13,15-17H2,(H2,26,31)(H,28,30). The van der Waals surface area contributed by atoms with Gasteiger partial charge < -0.3 is 11.1 Å². The molecule has 0 unspecified atom stereocenters. The zero-order valence-electron chi connectivity index (χ0n) is 17.1. The fraction of sp³-hybridized carbons (Fsp3) is 0.208. The molecule has 1 aromatic heterocycles. The molecule has 0 aliphatic heterocycles. The first kappa shape index (κ1) is 22.1. The van der Waals surface area contributed by atoms with Crippen LogP contribution in [0.2, 0.25) is 0 Å². The van der Waals surface area contributed by atoms with E-state index in [2.05, 4.69) is 15.2 Å². The average molecular weight is 420 g/mol. The van der Waals surface area contributed by atoms with Gasteiger partial charge in [0.1, 0.15) is 5.82 Å². The maximum atomic E-state index is 13.2. The summed E-state index contributed by atoms with van der Waals surface area (Å²) in [5.41, 5.74) is 8.18. The Morgan fingerprint density at radius 2 is 1.71 bits per heavy atom. The molecule has 0 fully saturated rings. The number of aromatic nitrogens is 1. The lowest BCUT2D eigenvalue weighted by atomic mass is 10.1. The summed E-state index contributed by atoms with van der Waals surface area (Å²) in [6.07, 6.45) is 2.80. The molecule has 7 heteroatoms. The number of pyridine rings is 1. The van der Waals surface area contributed by atoms with E-state index in [0.29, 0.717) is 30.8 Å². The van der Waals surface area contributed by atoms with E-state index in [4.69, 9.17) is 5.73 Å². The van der Waals surface area contributed by atoms with Crippen molar-refractivity contribution >= 4 is 17.5 Å². The Labute approximate surface area is 180 Å². The number of hydrogen-bond donors (Lipinski definition) is 2. The smallest absolute Gasteiger partial charge is 0.248 e. The van der Waals surface area contributed by atoms with Crippen LogP contribution < -0.4 is 11.1 Å². The summed E-state index contributed by atoms with van der Waals surface area (Å²) < 4.78 is 13.2. The van der Waals surface area contributed by atoms with Crippen molar-refractivity contribution in [1.29, 1.82) is 0 Å². The first-order chi connectivity index (χ1) is 15.0. The molecule has 1 heterocycles. The fourth-order valence-corrected chi connectivity index (χ4v) is 3.14. The fourth-order valence-electron chi connectivity index (χ4n) is 3.14. The molecular weight excluding hydrogens is 395 g/mol. The molecule has 2 amide bonds. The summed E-state index contributed by atoms with van der Waals surface area (Å²) in [5, 5.41) is 2.83. The van der Waals surface area contributed by atoms with Gasteiger partial charge in [0.25, 0.3) is 0 Å². The van der Waals surface area contributed by atoms with Crippen LogP contribution in [-0.4, -0.2) is 34.8 Å². The van der Waals surface area contributed by atoms with Crippen LogP contribution in [0.5, 0.6) is 0 Å². The number of rotatable bonds is 10. The number of nitrogens with zero attached hydrogens (tertiary/aromatic N) is 2. The predicted octanol–water partition coefficient (Wildman–Crippen LogP) is 3.39. The van der Waals surface area contributed by atoms with Crippen LogP contribution in [0, 0.1) is 5.82 Å². The zero-order valence-corrected chi connectivity index (χ0v) is 17.1. The lowest BCUT2D eigenvalue weighted by molar-refractivity contribution is -0.116. The van der Waals surface area contributed by atoms with Crippen LogP contribution in [-0.2, 0) is 17.8 Å². The van der Waals surface area contributed by atoms with Crippen LogP contribution in [0.4, 0.5) is 10.1 Å². The van der Waals surface area contributed by atoms with Crippen LogP contribution in [0.15, 0.2) is 72.9 Å². The molecular formula is C24H25FN4O2. The number of carbonyl (C=O) groups excluding carboxylic acids is 2. The van der Waals surface area contributed by atoms with Gasteiger partial charge in [0.05, 0.1) is 0 Å². The molecule has 0 bridgehead atoms. The van der Waals surface area contributed by atoms with Gasteiger partial charge in [-0.05, 0) is 54.1 Å². The van der Waals surface area contributed by atoms with Crippen LogP contribution >= 0.6 is 0 Å². The van der Waals surface area contributed by atoms with E-state index in [1.165, 1.54) is 12.1 Å². The van der Waals surface area contributed by atoms with Gasteiger partial charge in [0, 0.05) is 55.6 Å². The Hall–Kier alpha value is -3.58. The third kappa shape index (κ3) is 7.31. The molecule has 0 saturated carbocycles. The maximum Gasteiger partial charge on any atom is 0.248 e. The Morgan fingerprint density at radius 3 is 2.35 bits per heavy atom. The number of primary amides is 1. The number of carbonyl (C=O) groups is 2. The molecule has 3 aromatic rings. The highest BCUT2D eigenvalue weighted by Crippen LogP contribution is 2.11. The molecule has 0 saturated heterocycles. The summed E-state index contributed by atoms with van der Waals surface area (Å²) in [5.74, 6) is -0.915. The molecule has 3 N–H and O–H groups in total. The minimum Gasteiger partial charge on any atom is -0.366 e. The molecule has 0 radical (unpaired) electrons. The second-order valence-electron chi connectivity index (χ2n) is 7.21. The number of benzene rings is 2. The monoisotopic (exact) mass is 420 g/mol. The van der Waals surface area contributed by atoms with Crippen LogP contribution in [0.3, 0.4) is 0 Å². The lowest BCUT2D eigenvalue weighted by Crippen LogP contribution is -2.29. The van der Waals surface area contributed by atoms with Gasteiger partial charge in [-0.15, -0.1) is 0 Å². The van der Waals surface area contributed by atoms with Gasteiger partial charge in [0.15, 0.2) is 0 Å². The van der Waals surface area contributed by atoms with Gasteiger partial charge in [-0.2, -0.15) is 0 Å².